The van der Waals surface area contributed by atoms with E-state index in [-0.39, 0.29) is 6.17 Å². The zero-order chi connectivity index (χ0) is 31.1. The van der Waals surface area contributed by atoms with E-state index in [1.165, 1.54) is 81.5 Å². The van der Waals surface area contributed by atoms with Crippen molar-refractivity contribution in [2.45, 2.75) is 6.17 Å². The van der Waals surface area contributed by atoms with E-state index in [1.54, 1.807) is 0 Å². The lowest BCUT2D eigenvalue weighted by atomic mass is 10.00. The van der Waals surface area contributed by atoms with Crippen molar-refractivity contribution in [3.8, 4) is 5.69 Å². The molecule has 0 aliphatic carbocycles. The number of benzene rings is 8. The molecule has 12 rings (SSSR count). The molecule has 4 heteroatoms. The first-order chi connectivity index (χ1) is 23.8. The van der Waals surface area contributed by atoms with Gasteiger partial charge in [0.2, 0.25) is 0 Å². The second kappa shape index (κ2) is 8.69. The van der Waals surface area contributed by atoms with Crippen molar-refractivity contribution in [3.05, 3.63) is 151 Å². The Labute approximate surface area is 274 Å². The molecule has 2 aromatic heterocycles. The fourth-order valence-electron chi connectivity index (χ4n) is 8.82. The van der Waals surface area contributed by atoms with Crippen LogP contribution >= 0.6 is 0 Å². The van der Waals surface area contributed by atoms with Crippen molar-refractivity contribution >= 4 is 93.0 Å². The summed E-state index contributed by atoms with van der Waals surface area (Å²) in [6, 6.07) is 53.3. The van der Waals surface area contributed by atoms with Crippen molar-refractivity contribution in [1.82, 2.24) is 9.13 Å². The third-order valence-electron chi connectivity index (χ3n) is 10.8. The van der Waals surface area contributed by atoms with Crippen molar-refractivity contribution in [2.75, 3.05) is 5.32 Å². The van der Waals surface area contributed by atoms with Crippen LogP contribution in [0.3, 0.4) is 0 Å². The summed E-state index contributed by atoms with van der Waals surface area (Å²) in [6.07, 6.45) is -0.0858. The highest BCUT2D eigenvalue weighted by atomic mass is 15.2. The Kier molecular flexibility index (Phi) is 4.49. The van der Waals surface area contributed by atoms with Gasteiger partial charge in [-0.1, -0.05) is 109 Å². The third-order valence-corrected chi connectivity index (χ3v) is 10.8. The van der Waals surface area contributed by atoms with Gasteiger partial charge in [-0.3, -0.25) is 0 Å². The molecule has 0 saturated heterocycles. The van der Waals surface area contributed by atoms with E-state index >= 15 is 0 Å². The summed E-state index contributed by atoms with van der Waals surface area (Å²) in [5, 5.41) is 16.5. The van der Waals surface area contributed by atoms with Gasteiger partial charge in [0.25, 0.3) is 0 Å². The van der Waals surface area contributed by atoms with Gasteiger partial charge >= 0.3 is 0 Å². The number of hydrogen-bond acceptors (Lipinski definition) is 2. The van der Waals surface area contributed by atoms with Gasteiger partial charge in [0.1, 0.15) is 6.17 Å². The molecule has 8 aromatic carbocycles. The number of para-hydroxylation sites is 1. The Balaban J connectivity index is 1.24. The average Bonchev–Trinajstić information content (AvgIpc) is 3.78. The predicted molar refractivity (Wildman–Crippen MR) is 202 cm³/mol. The molecule has 1 unspecified atom stereocenters. The Morgan fingerprint density at radius 2 is 1.08 bits per heavy atom. The molecule has 48 heavy (non-hydrogen) atoms. The molecule has 2 aliphatic rings. The monoisotopic (exact) mass is 610 g/mol. The Hall–Kier alpha value is -6.39. The van der Waals surface area contributed by atoms with Crippen LogP contribution in [0.15, 0.2) is 151 Å². The molecule has 4 heterocycles. The zero-order valence-corrected chi connectivity index (χ0v) is 25.8. The molecule has 10 aromatic rings. The smallest absolute Gasteiger partial charge is 0.148 e. The van der Waals surface area contributed by atoms with E-state index in [9.17, 15) is 0 Å². The standard InChI is InChI=1S/C44H26N4/c1-4-12-29-25(9-1)18-21-37-39(29)40-30-13-5-2-10-26(30)19-22-38(40)47(37)28-23-33-32-15-7-8-16-36(32)48-43(33)34(24-28)42-44(48)45-35-20-17-27-11-3-6-14-31(27)41(35)46-42/h1-24,44-45H. The number of nitrogens with zero attached hydrogens (tertiary/aromatic N) is 3. The van der Waals surface area contributed by atoms with Crippen LogP contribution in [0.5, 0.6) is 0 Å². The van der Waals surface area contributed by atoms with Crippen LogP contribution in [0.2, 0.25) is 0 Å². The van der Waals surface area contributed by atoms with Crippen LogP contribution in [0.1, 0.15) is 11.7 Å². The number of anilines is 1. The van der Waals surface area contributed by atoms with Gasteiger partial charge in [0.15, 0.2) is 0 Å². The van der Waals surface area contributed by atoms with E-state index in [0.29, 0.717) is 0 Å². The highest BCUT2D eigenvalue weighted by Gasteiger charge is 2.37. The van der Waals surface area contributed by atoms with Crippen LogP contribution in [0.4, 0.5) is 11.4 Å². The van der Waals surface area contributed by atoms with Crippen molar-refractivity contribution < 1.29 is 0 Å². The SMILES string of the molecule is c1ccc2c3c(ccc2c1)NC1C(=N3)c2cc(-n3c4ccc5ccccc5c4c4c5ccccc5ccc43)cc3c4ccccc4n1c23. The van der Waals surface area contributed by atoms with Crippen LogP contribution in [0.25, 0.3) is 81.6 Å². The van der Waals surface area contributed by atoms with Crippen LogP contribution in [-0.2, 0) is 0 Å². The Morgan fingerprint density at radius 3 is 1.79 bits per heavy atom. The molecule has 0 fully saturated rings. The number of hydrogen-bond donors (Lipinski definition) is 1. The van der Waals surface area contributed by atoms with Gasteiger partial charge in [0, 0.05) is 38.2 Å². The quantitative estimate of drug-likeness (QED) is 0.197. The zero-order valence-electron chi connectivity index (χ0n) is 25.8. The number of rotatable bonds is 1. The number of fused-ring (bicyclic) bond motifs is 16. The lowest BCUT2D eigenvalue weighted by Gasteiger charge is -2.26. The van der Waals surface area contributed by atoms with Crippen molar-refractivity contribution in [1.29, 1.82) is 0 Å². The maximum absolute atomic E-state index is 5.51. The average molecular weight is 611 g/mol. The van der Waals surface area contributed by atoms with Crippen LogP contribution in [-0.4, -0.2) is 14.8 Å². The fourth-order valence-corrected chi connectivity index (χ4v) is 8.82. The first-order valence-corrected chi connectivity index (χ1v) is 16.6. The van der Waals surface area contributed by atoms with Crippen LogP contribution < -0.4 is 5.32 Å². The molecule has 222 valence electrons. The summed E-state index contributed by atoms with van der Waals surface area (Å²) in [7, 11) is 0. The normalized spacial score (nSPS) is 15.2. The molecule has 0 radical (unpaired) electrons. The summed E-state index contributed by atoms with van der Waals surface area (Å²) in [6.45, 7) is 0. The maximum atomic E-state index is 5.51. The highest BCUT2D eigenvalue weighted by Crippen LogP contribution is 2.49. The van der Waals surface area contributed by atoms with Gasteiger partial charge in [-0.05, 0) is 63.3 Å². The molecular formula is C44H26N4. The highest BCUT2D eigenvalue weighted by molar-refractivity contribution is 6.30. The van der Waals surface area contributed by atoms with E-state index in [2.05, 4.69) is 160 Å². The molecule has 4 nitrogen and oxygen atoms in total. The number of aromatic nitrogens is 2. The minimum absolute atomic E-state index is 0.0858. The van der Waals surface area contributed by atoms with E-state index < -0.39 is 0 Å². The molecule has 2 aliphatic heterocycles. The second-order valence-corrected chi connectivity index (χ2v) is 13.2. The minimum atomic E-state index is -0.0858. The summed E-state index contributed by atoms with van der Waals surface area (Å²) >= 11 is 0. The first kappa shape index (κ1) is 24.8. The first-order valence-electron chi connectivity index (χ1n) is 16.6. The molecule has 1 N–H and O–H groups in total. The topological polar surface area (TPSA) is 34.2 Å². The maximum Gasteiger partial charge on any atom is 0.148 e. The van der Waals surface area contributed by atoms with E-state index in [1.807, 2.05) is 0 Å². The molecule has 1 atom stereocenters. The number of aliphatic imine (C=N–C) groups is 1. The summed E-state index contributed by atoms with van der Waals surface area (Å²) < 4.78 is 4.95. The summed E-state index contributed by atoms with van der Waals surface area (Å²) in [5.41, 5.74) is 10.4. The van der Waals surface area contributed by atoms with Gasteiger partial charge in [-0.25, -0.2) is 4.99 Å². The van der Waals surface area contributed by atoms with Crippen molar-refractivity contribution in [3.63, 3.8) is 0 Å². The molecule has 0 spiro atoms. The van der Waals surface area contributed by atoms with Gasteiger partial charge in [-0.15, -0.1) is 0 Å². The molecule has 0 amide bonds. The van der Waals surface area contributed by atoms with E-state index in [0.717, 1.165) is 22.8 Å². The van der Waals surface area contributed by atoms with E-state index in [4.69, 9.17) is 4.99 Å². The Morgan fingerprint density at radius 1 is 0.500 bits per heavy atom. The molecule has 0 saturated carbocycles. The van der Waals surface area contributed by atoms with Crippen LogP contribution in [0, 0.1) is 0 Å². The molecule has 0 bridgehead atoms. The second-order valence-electron chi connectivity index (χ2n) is 13.2. The largest absolute Gasteiger partial charge is 0.358 e. The Bertz CT molecular complexity index is 3010. The number of nitrogens with one attached hydrogen (secondary N) is 1. The molecular weight excluding hydrogens is 585 g/mol. The fraction of sp³-hybridized carbons (Fsp3) is 0.0227. The third kappa shape index (κ3) is 2.99. The van der Waals surface area contributed by atoms with Gasteiger partial charge in [0.05, 0.1) is 39.2 Å². The van der Waals surface area contributed by atoms with Gasteiger partial charge in [-0.2, -0.15) is 0 Å². The van der Waals surface area contributed by atoms with Gasteiger partial charge < -0.3 is 14.5 Å². The lowest BCUT2D eigenvalue weighted by molar-refractivity contribution is 0.779. The van der Waals surface area contributed by atoms with Crippen molar-refractivity contribution in [2.24, 2.45) is 4.99 Å². The lowest BCUT2D eigenvalue weighted by Crippen LogP contribution is -2.25. The summed E-state index contributed by atoms with van der Waals surface area (Å²) in [4.78, 5) is 5.51. The predicted octanol–water partition coefficient (Wildman–Crippen LogP) is 11.4. The minimum Gasteiger partial charge on any atom is -0.358 e. The summed E-state index contributed by atoms with van der Waals surface area (Å²) in [5.74, 6) is 0.